The Hall–Kier alpha value is -1.94. The lowest BCUT2D eigenvalue weighted by Crippen LogP contribution is -2.17. The number of para-hydroxylation sites is 1. The zero-order chi connectivity index (χ0) is 13.8. The molecule has 0 radical (unpaired) electrons. The van der Waals surface area contributed by atoms with Gasteiger partial charge in [0.25, 0.3) is 0 Å². The van der Waals surface area contributed by atoms with Gasteiger partial charge in [0.2, 0.25) is 0 Å². The topological polar surface area (TPSA) is 32.3 Å². The molecule has 0 saturated carbocycles. The van der Waals surface area contributed by atoms with Gasteiger partial charge in [-0.25, -0.2) is 8.78 Å². The van der Waals surface area contributed by atoms with E-state index in [1.807, 2.05) is 6.92 Å². The van der Waals surface area contributed by atoms with E-state index in [1.54, 1.807) is 30.3 Å². The fourth-order valence-electron chi connectivity index (χ4n) is 1.92. The van der Waals surface area contributed by atoms with Crippen molar-refractivity contribution in [1.82, 2.24) is 0 Å². The van der Waals surface area contributed by atoms with Gasteiger partial charge in [-0.2, -0.15) is 0 Å². The fraction of sp³-hybridized carbons (Fsp3) is 0.200. The van der Waals surface area contributed by atoms with Gasteiger partial charge in [0.1, 0.15) is 11.6 Å². The maximum Gasteiger partial charge on any atom is 0.146 e. The van der Waals surface area contributed by atoms with Crippen LogP contribution in [0.3, 0.4) is 0 Å². The second-order valence-electron chi connectivity index (χ2n) is 4.38. The quantitative estimate of drug-likeness (QED) is 0.886. The second kappa shape index (κ2) is 5.80. The number of aryl methyl sites for hydroxylation is 1. The number of nitrogens with one attached hydrogen (secondary N) is 1. The van der Waals surface area contributed by atoms with E-state index in [4.69, 9.17) is 0 Å². The summed E-state index contributed by atoms with van der Waals surface area (Å²) in [4.78, 5) is 0. The molecule has 0 aromatic heterocycles. The summed E-state index contributed by atoms with van der Waals surface area (Å²) >= 11 is 0. The highest BCUT2D eigenvalue weighted by Gasteiger charge is 2.16. The molecule has 0 spiro atoms. The average Bonchev–Trinajstić information content (AvgIpc) is 2.41. The Balaban J connectivity index is 2.30. The molecule has 2 aromatic carbocycles. The van der Waals surface area contributed by atoms with Crippen LogP contribution in [0.1, 0.15) is 17.2 Å². The summed E-state index contributed by atoms with van der Waals surface area (Å²) < 4.78 is 27.3. The number of aliphatic hydroxyl groups excluding tert-OH is 1. The van der Waals surface area contributed by atoms with E-state index in [2.05, 4.69) is 5.32 Å². The van der Waals surface area contributed by atoms with Crippen molar-refractivity contribution in [2.24, 2.45) is 0 Å². The first-order chi connectivity index (χ1) is 9.11. The number of rotatable bonds is 4. The normalized spacial score (nSPS) is 12.2. The van der Waals surface area contributed by atoms with Gasteiger partial charge >= 0.3 is 0 Å². The predicted octanol–water partition coefficient (Wildman–Crippen LogP) is 3.42. The molecule has 4 heteroatoms. The van der Waals surface area contributed by atoms with Crippen LogP contribution < -0.4 is 5.32 Å². The standard InChI is InChI=1S/C15H15F2NO/c1-10-6-7-12(16)11(8-10)15(9-19)18-14-5-3-2-4-13(14)17/h2-8,15,18-19H,9H2,1H3. The summed E-state index contributed by atoms with van der Waals surface area (Å²) in [6, 6.07) is 10.1. The number of hydrogen-bond donors (Lipinski definition) is 2. The van der Waals surface area contributed by atoms with E-state index in [9.17, 15) is 13.9 Å². The van der Waals surface area contributed by atoms with E-state index in [0.29, 0.717) is 5.56 Å². The van der Waals surface area contributed by atoms with E-state index in [0.717, 1.165) is 5.56 Å². The van der Waals surface area contributed by atoms with Crippen molar-refractivity contribution in [2.75, 3.05) is 11.9 Å². The van der Waals surface area contributed by atoms with Gasteiger partial charge in [0.15, 0.2) is 0 Å². The molecule has 0 aliphatic heterocycles. The predicted molar refractivity (Wildman–Crippen MR) is 71.0 cm³/mol. The zero-order valence-corrected chi connectivity index (χ0v) is 10.5. The third-order valence-electron chi connectivity index (χ3n) is 2.91. The monoisotopic (exact) mass is 263 g/mol. The molecule has 0 bridgehead atoms. The zero-order valence-electron chi connectivity index (χ0n) is 10.5. The highest BCUT2D eigenvalue weighted by atomic mass is 19.1. The molecule has 1 atom stereocenters. The minimum Gasteiger partial charge on any atom is -0.394 e. The van der Waals surface area contributed by atoms with Crippen LogP contribution >= 0.6 is 0 Å². The van der Waals surface area contributed by atoms with Crippen LogP contribution in [0.5, 0.6) is 0 Å². The van der Waals surface area contributed by atoms with Crippen molar-refractivity contribution >= 4 is 5.69 Å². The minimum absolute atomic E-state index is 0.238. The highest BCUT2D eigenvalue weighted by Crippen LogP contribution is 2.24. The SMILES string of the molecule is Cc1ccc(F)c(C(CO)Nc2ccccc2F)c1. The molecule has 0 amide bonds. The van der Waals surface area contributed by atoms with Crippen molar-refractivity contribution in [3.63, 3.8) is 0 Å². The second-order valence-corrected chi connectivity index (χ2v) is 4.38. The molecule has 2 aromatic rings. The number of hydrogen-bond acceptors (Lipinski definition) is 2. The lowest BCUT2D eigenvalue weighted by molar-refractivity contribution is 0.273. The van der Waals surface area contributed by atoms with Crippen molar-refractivity contribution in [1.29, 1.82) is 0 Å². The first-order valence-electron chi connectivity index (χ1n) is 6.00. The molecule has 0 fully saturated rings. The summed E-state index contributed by atoms with van der Waals surface area (Å²) in [6.07, 6.45) is 0. The van der Waals surface area contributed by atoms with Crippen LogP contribution in [0.25, 0.3) is 0 Å². The van der Waals surface area contributed by atoms with Gasteiger partial charge in [0, 0.05) is 5.56 Å². The number of aliphatic hydroxyl groups is 1. The van der Waals surface area contributed by atoms with E-state index >= 15 is 0 Å². The summed E-state index contributed by atoms with van der Waals surface area (Å²) in [5.74, 6) is -0.859. The molecule has 19 heavy (non-hydrogen) atoms. The highest BCUT2D eigenvalue weighted by molar-refractivity contribution is 5.47. The van der Waals surface area contributed by atoms with Crippen molar-refractivity contribution in [3.05, 3.63) is 65.2 Å². The summed E-state index contributed by atoms with van der Waals surface area (Å²) in [7, 11) is 0. The third-order valence-corrected chi connectivity index (χ3v) is 2.91. The Morgan fingerprint density at radius 2 is 1.84 bits per heavy atom. The number of benzene rings is 2. The molecular weight excluding hydrogens is 248 g/mol. The minimum atomic E-state index is -0.684. The molecule has 1 unspecified atom stereocenters. The lowest BCUT2D eigenvalue weighted by Gasteiger charge is -2.19. The maximum absolute atomic E-state index is 13.8. The van der Waals surface area contributed by atoms with Gasteiger partial charge in [-0.3, -0.25) is 0 Å². The first-order valence-corrected chi connectivity index (χ1v) is 6.00. The van der Waals surface area contributed by atoms with Gasteiger partial charge in [-0.15, -0.1) is 0 Å². The Labute approximate surface area is 110 Å². The van der Waals surface area contributed by atoms with Gasteiger partial charge in [-0.1, -0.05) is 29.8 Å². The van der Waals surface area contributed by atoms with E-state index in [1.165, 1.54) is 12.1 Å². The molecule has 0 aliphatic rings. The van der Waals surface area contributed by atoms with Gasteiger partial charge < -0.3 is 10.4 Å². The van der Waals surface area contributed by atoms with Crippen LogP contribution in [0.4, 0.5) is 14.5 Å². The average molecular weight is 263 g/mol. The van der Waals surface area contributed by atoms with Gasteiger partial charge in [0.05, 0.1) is 18.3 Å². The molecule has 0 aliphatic carbocycles. The largest absolute Gasteiger partial charge is 0.394 e. The Morgan fingerprint density at radius 1 is 1.11 bits per heavy atom. The molecular formula is C15H15F2NO. The molecule has 0 heterocycles. The smallest absolute Gasteiger partial charge is 0.146 e. The van der Waals surface area contributed by atoms with Gasteiger partial charge in [-0.05, 0) is 25.1 Å². The summed E-state index contributed by atoms with van der Waals surface area (Å²) in [6.45, 7) is 1.51. The maximum atomic E-state index is 13.8. The lowest BCUT2D eigenvalue weighted by atomic mass is 10.0. The first kappa shape index (κ1) is 13.5. The number of anilines is 1. The molecule has 100 valence electrons. The molecule has 2 rings (SSSR count). The van der Waals surface area contributed by atoms with E-state index in [-0.39, 0.29) is 12.3 Å². The van der Waals surface area contributed by atoms with Crippen molar-refractivity contribution in [2.45, 2.75) is 13.0 Å². The number of halogens is 2. The fourth-order valence-corrected chi connectivity index (χ4v) is 1.92. The third kappa shape index (κ3) is 3.09. The van der Waals surface area contributed by atoms with Crippen LogP contribution in [0.2, 0.25) is 0 Å². The van der Waals surface area contributed by atoms with Crippen LogP contribution in [-0.4, -0.2) is 11.7 Å². The summed E-state index contributed by atoms with van der Waals surface area (Å²) in [5.41, 5.74) is 1.44. The van der Waals surface area contributed by atoms with Crippen molar-refractivity contribution < 1.29 is 13.9 Å². The van der Waals surface area contributed by atoms with Crippen molar-refractivity contribution in [3.8, 4) is 0 Å². The van der Waals surface area contributed by atoms with Crippen LogP contribution in [-0.2, 0) is 0 Å². The van der Waals surface area contributed by atoms with Crippen LogP contribution in [0.15, 0.2) is 42.5 Å². The summed E-state index contributed by atoms with van der Waals surface area (Å²) in [5, 5.41) is 12.2. The molecule has 2 nitrogen and oxygen atoms in total. The Bertz CT molecular complexity index is 572. The Morgan fingerprint density at radius 3 is 2.53 bits per heavy atom. The molecule has 0 saturated heterocycles. The van der Waals surface area contributed by atoms with Crippen LogP contribution in [0, 0.1) is 18.6 Å². The molecule has 2 N–H and O–H groups in total. The Kier molecular flexibility index (Phi) is 4.12. The van der Waals surface area contributed by atoms with E-state index < -0.39 is 17.7 Å².